The van der Waals surface area contributed by atoms with Crippen LogP contribution in [-0.2, 0) is 10.1 Å². The predicted octanol–water partition coefficient (Wildman–Crippen LogP) is 3.64. The van der Waals surface area contributed by atoms with E-state index in [0.717, 1.165) is 0 Å². The summed E-state index contributed by atoms with van der Waals surface area (Å²) in [4.78, 5) is 0. The maximum absolute atomic E-state index is 13.3. The summed E-state index contributed by atoms with van der Waals surface area (Å²) in [7, 11) is -5.95. The first-order valence-electron chi connectivity index (χ1n) is 6.70. The van der Waals surface area contributed by atoms with Crippen LogP contribution in [0.3, 0.4) is 0 Å². The molecule has 0 fully saturated rings. The maximum atomic E-state index is 13.3. The van der Waals surface area contributed by atoms with Gasteiger partial charge in [-0.3, -0.25) is 4.55 Å². The van der Waals surface area contributed by atoms with Gasteiger partial charge >= 0.3 is 10.1 Å². The molecule has 0 rings (SSSR count). The molecule has 10 unspecified atom stereocenters. The minimum absolute atomic E-state index is 0. The van der Waals surface area contributed by atoms with Crippen LogP contribution in [0.5, 0.6) is 0 Å². The third-order valence-corrected chi connectivity index (χ3v) is 4.04. The van der Waals surface area contributed by atoms with Gasteiger partial charge in [0.1, 0.15) is 0 Å². The highest BCUT2D eigenvalue weighted by Gasteiger charge is 2.51. The zero-order chi connectivity index (χ0) is 21.9. The van der Waals surface area contributed by atoms with E-state index in [-0.39, 0.29) is 6.15 Å². The van der Waals surface area contributed by atoms with Gasteiger partial charge in [-0.2, -0.15) is 8.42 Å². The first kappa shape index (κ1) is 29.2. The minimum Gasteiger partial charge on any atom is -0.344 e. The van der Waals surface area contributed by atoms with Gasteiger partial charge in [-0.15, -0.1) is 0 Å². The number of hydrogen-bond donors (Lipinski definition) is 2. The molecule has 0 heterocycles. The third kappa shape index (κ3) is 7.13. The summed E-state index contributed by atoms with van der Waals surface area (Å²) in [5.74, 6) is 0. The van der Waals surface area contributed by atoms with Crippen molar-refractivity contribution in [2.45, 2.75) is 67.5 Å². The van der Waals surface area contributed by atoms with Crippen LogP contribution in [0.25, 0.3) is 0 Å². The molecule has 28 heavy (non-hydrogen) atoms. The summed E-state index contributed by atoms with van der Waals surface area (Å²) >= 11 is 0. The van der Waals surface area contributed by atoms with E-state index in [1.54, 1.807) is 0 Å². The van der Waals surface area contributed by atoms with E-state index >= 15 is 0 Å². The molecule has 0 bridgehead atoms. The molecule has 0 aliphatic rings. The molecule has 0 aromatic rings. The van der Waals surface area contributed by atoms with Gasteiger partial charge in [-0.25, -0.2) is 52.7 Å². The van der Waals surface area contributed by atoms with Crippen molar-refractivity contribution < 1.29 is 65.7 Å². The van der Waals surface area contributed by atoms with Gasteiger partial charge in [0.2, 0.25) is 0 Å². The molecular weight excluding hydrogens is 454 g/mol. The Morgan fingerprint density at radius 1 is 0.464 bits per heavy atom. The van der Waals surface area contributed by atoms with Crippen LogP contribution in [-0.4, -0.2) is 80.4 Å². The van der Waals surface area contributed by atoms with Crippen LogP contribution in [0.2, 0.25) is 0 Å². The third-order valence-electron chi connectivity index (χ3n) is 3.21. The van der Waals surface area contributed by atoms with Crippen molar-refractivity contribution in [3.63, 3.8) is 0 Å². The molecule has 0 aliphatic heterocycles. The summed E-state index contributed by atoms with van der Waals surface area (Å²) < 4.78 is 183. The van der Waals surface area contributed by atoms with Crippen molar-refractivity contribution in [3.8, 4) is 0 Å². The molecule has 0 aromatic heterocycles. The van der Waals surface area contributed by atoms with Crippen molar-refractivity contribution in [2.75, 3.05) is 0 Å². The zero-order valence-corrected chi connectivity index (χ0v) is 14.1. The van der Waals surface area contributed by atoms with E-state index in [4.69, 9.17) is 4.55 Å². The lowest BCUT2D eigenvalue weighted by atomic mass is 9.97. The van der Waals surface area contributed by atoms with Crippen molar-refractivity contribution in [2.24, 2.45) is 0 Å². The highest BCUT2D eigenvalue weighted by Crippen LogP contribution is 2.30. The van der Waals surface area contributed by atoms with Gasteiger partial charge in [0.05, 0.1) is 0 Å². The molecule has 0 aliphatic carbocycles. The Labute approximate surface area is 150 Å². The van der Waals surface area contributed by atoms with Crippen LogP contribution < -0.4 is 6.15 Å². The Balaban J connectivity index is 0. The molecule has 0 spiro atoms. The predicted molar refractivity (Wildman–Crippen MR) is 71.5 cm³/mol. The molecule has 17 heteroatoms. The molecule has 0 amide bonds. The summed E-state index contributed by atoms with van der Waals surface area (Å²) in [5, 5.41) is 0. The van der Waals surface area contributed by atoms with E-state index < -0.39 is 77.6 Å². The number of hydrogen-bond acceptors (Lipinski definition) is 3. The fourth-order valence-corrected chi connectivity index (χ4v) is 2.16. The lowest BCUT2D eigenvalue weighted by Crippen LogP contribution is -2.50. The summed E-state index contributed by atoms with van der Waals surface area (Å²) in [6, 6.07) is 0. The number of rotatable bonds is 11. The molecule has 0 saturated heterocycles. The van der Waals surface area contributed by atoms with Crippen LogP contribution in [0, 0.1) is 0 Å². The minimum atomic E-state index is -5.95. The van der Waals surface area contributed by atoms with E-state index in [1.165, 1.54) is 0 Å². The summed E-state index contributed by atoms with van der Waals surface area (Å²) in [6.07, 6.45) is -41.4. The van der Waals surface area contributed by atoms with Gasteiger partial charge in [0, 0.05) is 0 Å². The van der Waals surface area contributed by atoms with Crippen LogP contribution >= 0.6 is 0 Å². The van der Waals surface area contributed by atoms with Gasteiger partial charge in [-0.1, -0.05) is 0 Å². The first-order valence-corrected chi connectivity index (χ1v) is 8.21. The number of alkyl halides is 12. The Morgan fingerprint density at radius 2 is 0.679 bits per heavy atom. The standard InChI is InChI=1S/C11H12F12O3S.H3N/c12-1(2(13)4(15)6(17)8(19)10(21)22)3(14)5(16)7(18)9(20)11(23)27(24,25)26;/h1-11H,(H,24,25,26);1H3. The van der Waals surface area contributed by atoms with Crippen molar-refractivity contribution >= 4 is 10.1 Å². The highest BCUT2D eigenvalue weighted by molar-refractivity contribution is 7.86. The molecular formula is C11H15F12NO3S. The van der Waals surface area contributed by atoms with Gasteiger partial charge in [-0.05, 0) is 0 Å². The Kier molecular flexibility index (Phi) is 11.8. The van der Waals surface area contributed by atoms with Gasteiger partial charge in [0.15, 0.2) is 55.5 Å². The summed E-state index contributed by atoms with van der Waals surface area (Å²) in [6.45, 7) is 0. The molecule has 172 valence electrons. The molecule has 4 nitrogen and oxygen atoms in total. The lowest BCUT2D eigenvalue weighted by molar-refractivity contribution is -0.0748. The summed E-state index contributed by atoms with van der Waals surface area (Å²) in [5.41, 5.74) is -4.15. The second-order valence-corrected chi connectivity index (χ2v) is 6.68. The average Bonchev–Trinajstić information content (AvgIpc) is 2.60. The smallest absolute Gasteiger partial charge is 0.300 e. The Bertz CT molecular complexity index is 557. The van der Waals surface area contributed by atoms with E-state index in [1.807, 2.05) is 0 Å². The lowest BCUT2D eigenvalue weighted by Gasteiger charge is -2.27. The first-order chi connectivity index (χ1) is 12.1. The molecule has 4 N–H and O–H groups in total. The van der Waals surface area contributed by atoms with Crippen molar-refractivity contribution in [1.82, 2.24) is 6.15 Å². The van der Waals surface area contributed by atoms with Crippen LogP contribution in [0.1, 0.15) is 0 Å². The van der Waals surface area contributed by atoms with Crippen molar-refractivity contribution in [1.29, 1.82) is 0 Å². The largest absolute Gasteiger partial charge is 0.344 e. The fourth-order valence-electron chi connectivity index (χ4n) is 1.68. The molecule has 0 aromatic carbocycles. The normalized spacial score (nSPS) is 23.5. The van der Waals surface area contributed by atoms with Crippen molar-refractivity contribution in [3.05, 3.63) is 0 Å². The van der Waals surface area contributed by atoms with E-state index in [9.17, 15) is 61.1 Å². The SMILES string of the molecule is N.O=S(=O)(O)C(F)C(F)C(F)C(F)C(F)C(F)C(F)C(F)C(F)C(F)C(F)F. The number of halogens is 12. The second kappa shape index (κ2) is 11.3. The fraction of sp³-hybridized carbons (Fsp3) is 1.00. The zero-order valence-electron chi connectivity index (χ0n) is 13.3. The molecule has 0 saturated carbocycles. The maximum Gasteiger partial charge on any atom is 0.300 e. The topological polar surface area (TPSA) is 89.4 Å². The van der Waals surface area contributed by atoms with Gasteiger partial charge < -0.3 is 6.15 Å². The van der Waals surface area contributed by atoms with Crippen LogP contribution in [0.15, 0.2) is 0 Å². The highest BCUT2D eigenvalue weighted by atomic mass is 32.2. The van der Waals surface area contributed by atoms with Gasteiger partial charge in [0.25, 0.3) is 11.9 Å². The Hall–Kier alpha value is -0.970. The Morgan fingerprint density at radius 3 is 0.893 bits per heavy atom. The average molecular weight is 469 g/mol. The second-order valence-electron chi connectivity index (χ2n) is 5.20. The molecule has 0 radical (unpaired) electrons. The quantitative estimate of drug-likeness (QED) is 0.357. The van der Waals surface area contributed by atoms with E-state index in [2.05, 4.69) is 0 Å². The molecule has 10 atom stereocenters. The monoisotopic (exact) mass is 469 g/mol. The van der Waals surface area contributed by atoms with Crippen LogP contribution in [0.4, 0.5) is 52.7 Å². The van der Waals surface area contributed by atoms with E-state index in [0.29, 0.717) is 0 Å².